The zero-order chi connectivity index (χ0) is 19.9. The first-order chi connectivity index (χ1) is 14.3. The Morgan fingerprint density at radius 2 is 1.79 bits per heavy atom. The molecule has 4 rings (SSSR count). The topological polar surface area (TPSA) is 108 Å². The monoisotopic (exact) mass is 395 g/mol. The summed E-state index contributed by atoms with van der Waals surface area (Å²) in [5.41, 5.74) is 2.63. The molecule has 0 aliphatic carbocycles. The predicted octanol–water partition coefficient (Wildman–Crippen LogP) is 1.32. The van der Waals surface area contributed by atoms with Crippen molar-refractivity contribution in [2.24, 2.45) is 0 Å². The number of nitrogens with one attached hydrogen (secondary N) is 2. The Bertz CT molecular complexity index is 933. The molecule has 0 bridgehead atoms. The van der Waals surface area contributed by atoms with E-state index in [1.54, 1.807) is 6.33 Å². The largest absolute Gasteiger partial charge is 0.395 e. The zero-order valence-corrected chi connectivity index (χ0v) is 16.2. The number of rotatable bonds is 8. The lowest BCUT2D eigenvalue weighted by Crippen LogP contribution is -2.37. The van der Waals surface area contributed by atoms with Gasteiger partial charge in [0.05, 0.1) is 19.8 Å². The van der Waals surface area contributed by atoms with Gasteiger partial charge in [0.15, 0.2) is 11.6 Å². The van der Waals surface area contributed by atoms with Crippen molar-refractivity contribution in [2.45, 2.75) is 6.42 Å². The van der Waals surface area contributed by atoms with E-state index >= 15 is 0 Å². The minimum atomic E-state index is 0.00174. The third-order valence-electron chi connectivity index (χ3n) is 4.72. The van der Waals surface area contributed by atoms with E-state index in [9.17, 15) is 0 Å². The molecule has 9 nitrogen and oxygen atoms in total. The first-order valence-electron chi connectivity index (χ1n) is 9.83. The van der Waals surface area contributed by atoms with Crippen LogP contribution in [0.4, 0.5) is 17.6 Å². The average molecular weight is 395 g/mol. The van der Waals surface area contributed by atoms with Crippen molar-refractivity contribution in [2.75, 3.05) is 61.5 Å². The zero-order valence-electron chi connectivity index (χ0n) is 16.2. The number of anilines is 3. The number of fused-ring (bicyclic) bond motifs is 1. The summed E-state index contributed by atoms with van der Waals surface area (Å²) in [6, 6.07) is 10.3. The highest BCUT2D eigenvalue weighted by atomic mass is 16.5. The smallest absolute Gasteiger partial charge is 0.225 e. The van der Waals surface area contributed by atoms with Crippen molar-refractivity contribution in [3.8, 4) is 0 Å². The van der Waals surface area contributed by atoms with Crippen LogP contribution < -0.4 is 15.5 Å². The van der Waals surface area contributed by atoms with Crippen LogP contribution in [0.15, 0.2) is 36.7 Å². The van der Waals surface area contributed by atoms with Gasteiger partial charge in [-0.2, -0.15) is 4.98 Å². The average Bonchev–Trinajstić information content (AvgIpc) is 2.78. The summed E-state index contributed by atoms with van der Waals surface area (Å²) in [5, 5.41) is 15.6. The highest BCUT2D eigenvalue weighted by Gasteiger charge is 2.20. The van der Waals surface area contributed by atoms with Crippen molar-refractivity contribution in [1.82, 2.24) is 19.9 Å². The second kappa shape index (κ2) is 9.44. The van der Waals surface area contributed by atoms with Crippen LogP contribution in [0.25, 0.3) is 11.0 Å². The predicted molar refractivity (Wildman–Crippen MR) is 112 cm³/mol. The summed E-state index contributed by atoms with van der Waals surface area (Å²) in [6.07, 6.45) is 2.42. The molecule has 1 aliphatic rings. The van der Waals surface area contributed by atoms with Crippen LogP contribution in [0, 0.1) is 0 Å². The number of aliphatic hydroxyl groups is 1. The fourth-order valence-electron chi connectivity index (χ4n) is 3.27. The van der Waals surface area contributed by atoms with E-state index in [4.69, 9.17) is 9.84 Å². The first kappa shape index (κ1) is 19.3. The SMILES string of the molecule is OCCNc1nc(N2CCOCC2)c2ncnc(NCCc3ccccc3)c2n1. The maximum Gasteiger partial charge on any atom is 0.225 e. The third kappa shape index (κ3) is 4.69. The van der Waals surface area contributed by atoms with Crippen LogP contribution in [-0.4, -0.2) is 71.0 Å². The second-order valence-corrected chi connectivity index (χ2v) is 6.70. The molecule has 3 heterocycles. The molecule has 0 spiro atoms. The summed E-state index contributed by atoms with van der Waals surface area (Å²) in [6.45, 7) is 3.89. The van der Waals surface area contributed by atoms with Gasteiger partial charge in [-0.05, 0) is 12.0 Å². The maximum atomic E-state index is 9.16. The minimum Gasteiger partial charge on any atom is -0.395 e. The Morgan fingerprint density at radius 3 is 2.59 bits per heavy atom. The molecule has 0 atom stereocenters. The summed E-state index contributed by atoms with van der Waals surface area (Å²) < 4.78 is 5.47. The lowest BCUT2D eigenvalue weighted by molar-refractivity contribution is 0.122. The van der Waals surface area contributed by atoms with E-state index in [0.717, 1.165) is 31.9 Å². The van der Waals surface area contributed by atoms with E-state index in [1.807, 2.05) is 18.2 Å². The van der Waals surface area contributed by atoms with Gasteiger partial charge in [-0.15, -0.1) is 0 Å². The molecule has 9 heteroatoms. The van der Waals surface area contributed by atoms with Crippen LogP contribution in [0.5, 0.6) is 0 Å². The lowest BCUT2D eigenvalue weighted by atomic mass is 10.1. The van der Waals surface area contributed by atoms with E-state index < -0.39 is 0 Å². The molecule has 3 N–H and O–H groups in total. The molecule has 29 heavy (non-hydrogen) atoms. The summed E-state index contributed by atoms with van der Waals surface area (Å²) in [4.78, 5) is 20.3. The van der Waals surface area contributed by atoms with Crippen molar-refractivity contribution in [3.63, 3.8) is 0 Å². The highest BCUT2D eigenvalue weighted by molar-refractivity contribution is 5.93. The third-order valence-corrected chi connectivity index (χ3v) is 4.72. The molecule has 0 unspecified atom stereocenters. The standard InChI is InChI=1S/C20H25N7O2/c28-11-8-22-20-25-16-17(19(26-20)27-9-12-29-13-10-27)23-14-24-18(16)21-7-6-15-4-2-1-3-5-15/h1-5,14,28H,6-13H2,(H,21,23,24)(H,22,25,26). The highest BCUT2D eigenvalue weighted by Crippen LogP contribution is 2.27. The Hall–Kier alpha value is -3.04. The van der Waals surface area contributed by atoms with Crippen LogP contribution in [-0.2, 0) is 11.2 Å². The van der Waals surface area contributed by atoms with E-state index in [2.05, 4.69) is 47.6 Å². The minimum absolute atomic E-state index is 0.00174. The number of nitrogens with zero attached hydrogens (tertiary/aromatic N) is 5. The van der Waals surface area contributed by atoms with Gasteiger partial charge in [0, 0.05) is 26.2 Å². The van der Waals surface area contributed by atoms with Crippen LogP contribution in [0.3, 0.4) is 0 Å². The van der Waals surface area contributed by atoms with Crippen LogP contribution in [0.2, 0.25) is 0 Å². The van der Waals surface area contributed by atoms with Gasteiger partial charge >= 0.3 is 0 Å². The van der Waals surface area contributed by atoms with E-state index in [-0.39, 0.29) is 6.61 Å². The number of hydrogen-bond acceptors (Lipinski definition) is 9. The van der Waals surface area contributed by atoms with E-state index in [0.29, 0.717) is 42.6 Å². The Balaban J connectivity index is 1.63. The number of hydrogen-bond donors (Lipinski definition) is 3. The number of morpholine rings is 1. The van der Waals surface area contributed by atoms with E-state index in [1.165, 1.54) is 5.56 Å². The van der Waals surface area contributed by atoms with Crippen molar-refractivity contribution >= 4 is 28.6 Å². The Kier molecular flexibility index (Phi) is 6.28. The molecule has 1 aliphatic heterocycles. The lowest BCUT2D eigenvalue weighted by Gasteiger charge is -2.28. The number of aliphatic hydroxyl groups excluding tert-OH is 1. The number of benzene rings is 1. The molecule has 152 valence electrons. The quantitative estimate of drug-likeness (QED) is 0.520. The summed E-state index contributed by atoms with van der Waals surface area (Å²) in [5.74, 6) is 1.89. The van der Waals surface area contributed by atoms with Gasteiger partial charge in [-0.3, -0.25) is 0 Å². The van der Waals surface area contributed by atoms with Gasteiger partial charge in [0.1, 0.15) is 17.4 Å². The van der Waals surface area contributed by atoms with Gasteiger partial charge in [0.2, 0.25) is 5.95 Å². The first-order valence-corrected chi connectivity index (χ1v) is 9.83. The molecule has 1 aromatic carbocycles. The molecule has 0 radical (unpaired) electrons. The Morgan fingerprint density at radius 1 is 0.966 bits per heavy atom. The molecule has 0 saturated carbocycles. The van der Waals surface area contributed by atoms with Crippen molar-refractivity contribution in [3.05, 3.63) is 42.2 Å². The maximum absolute atomic E-state index is 9.16. The van der Waals surface area contributed by atoms with Gasteiger partial charge in [-0.25, -0.2) is 15.0 Å². The second-order valence-electron chi connectivity index (χ2n) is 6.70. The fraction of sp³-hybridized carbons (Fsp3) is 0.400. The number of ether oxygens (including phenoxy) is 1. The van der Waals surface area contributed by atoms with Gasteiger partial charge in [0.25, 0.3) is 0 Å². The van der Waals surface area contributed by atoms with Crippen molar-refractivity contribution in [1.29, 1.82) is 0 Å². The molecule has 0 amide bonds. The summed E-state index contributed by atoms with van der Waals surface area (Å²) in [7, 11) is 0. The molecular weight excluding hydrogens is 370 g/mol. The molecule has 1 saturated heterocycles. The Labute approximate surface area is 169 Å². The van der Waals surface area contributed by atoms with Crippen LogP contribution in [0.1, 0.15) is 5.56 Å². The van der Waals surface area contributed by atoms with Crippen molar-refractivity contribution < 1.29 is 9.84 Å². The number of aromatic nitrogens is 4. The molecular formula is C20H25N7O2. The van der Waals surface area contributed by atoms with Gasteiger partial charge in [-0.1, -0.05) is 30.3 Å². The van der Waals surface area contributed by atoms with Crippen LogP contribution >= 0.6 is 0 Å². The molecule has 3 aromatic rings. The fourth-order valence-corrected chi connectivity index (χ4v) is 3.27. The van der Waals surface area contributed by atoms with Gasteiger partial charge < -0.3 is 25.4 Å². The normalized spacial score (nSPS) is 14.2. The molecule has 1 fully saturated rings. The summed E-state index contributed by atoms with van der Waals surface area (Å²) >= 11 is 0. The molecule has 2 aromatic heterocycles.